The number of hydrogen-bond acceptors (Lipinski definition) is 3. The second-order valence-electron chi connectivity index (χ2n) is 5.00. The summed E-state index contributed by atoms with van der Waals surface area (Å²) >= 11 is 1.55. The predicted molar refractivity (Wildman–Crippen MR) is 78.3 cm³/mol. The van der Waals surface area contributed by atoms with Crippen molar-refractivity contribution in [1.29, 1.82) is 0 Å². The first kappa shape index (κ1) is 16.0. The highest BCUT2D eigenvalue weighted by Gasteiger charge is 2.34. The largest absolute Gasteiger partial charge is 0.416 e. The Morgan fingerprint density at radius 3 is 2.38 bits per heavy atom. The van der Waals surface area contributed by atoms with Gasteiger partial charge in [0.05, 0.1) is 11.6 Å². The van der Waals surface area contributed by atoms with Crippen molar-refractivity contribution in [3.63, 3.8) is 0 Å². The van der Waals surface area contributed by atoms with Crippen LogP contribution in [0.25, 0.3) is 0 Å². The number of nitrogens with one attached hydrogen (secondary N) is 1. The Morgan fingerprint density at radius 1 is 1.14 bits per heavy atom. The van der Waals surface area contributed by atoms with Gasteiger partial charge >= 0.3 is 6.18 Å². The molecule has 21 heavy (non-hydrogen) atoms. The first-order valence-corrected chi connectivity index (χ1v) is 7.45. The maximum absolute atomic E-state index is 13.0. The van der Waals surface area contributed by atoms with Gasteiger partial charge in [-0.05, 0) is 32.4 Å². The molecule has 6 heteroatoms. The molecule has 0 aliphatic carbocycles. The molecule has 0 aliphatic heterocycles. The minimum absolute atomic E-state index is 0.0972. The molecule has 0 bridgehead atoms. The standard InChI is InChI=1S/C15H17F3N2S/c1-9-8-19-14(21-9)11(3)20-10(2)12-6-4-5-7-13(12)15(16,17)18/h4-8,10-11,20H,1-3H3. The smallest absolute Gasteiger partial charge is 0.302 e. The Balaban J connectivity index is 2.19. The van der Waals surface area contributed by atoms with Crippen molar-refractivity contribution in [3.05, 3.63) is 51.5 Å². The average Bonchev–Trinajstić information content (AvgIpc) is 2.84. The maximum Gasteiger partial charge on any atom is 0.416 e. The normalized spacial score (nSPS) is 15.0. The molecule has 2 unspecified atom stereocenters. The summed E-state index contributed by atoms with van der Waals surface area (Å²) in [5.74, 6) is 0. The zero-order chi connectivity index (χ0) is 15.6. The Bertz CT molecular complexity index is 607. The Labute approximate surface area is 126 Å². The van der Waals surface area contributed by atoms with Gasteiger partial charge in [-0.25, -0.2) is 4.98 Å². The van der Waals surface area contributed by atoms with Crippen LogP contribution in [-0.2, 0) is 6.18 Å². The molecule has 1 heterocycles. The number of nitrogens with zero attached hydrogens (tertiary/aromatic N) is 1. The van der Waals surface area contributed by atoms with E-state index in [0.29, 0.717) is 0 Å². The van der Waals surface area contributed by atoms with E-state index < -0.39 is 17.8 Å². The van der Waals surface area contributed by atoms with E-state index in [1.54, 1.807) is 30.5 Å². The number of aromatic nitrogens is 1. The second-order valence-corrected chi connectivity index (χ2v) is 6.27. The average molecular weight is 314 g/mol. The van der Waals surface area contributed by atoms with Gasteiger partial charge in [-0.1, -0.05) is 18.2 Å². The molecule has 0 aliphatic rings. The van der Waals surface area contributed by atoms with Crippen molar-refractivity contribution < 1.29 is 13.2 Å². The van der Waals surface area contributed by atoms with Gasteiger partial charge in [0.2, 0.25) is 0 Å². The van der Waals surface area contributed by atoms with Crippen LogP contribution in [-0.4, -0.2) is 4.98 Å². The number of alkyl halides is 3. The van der Waals surface area contributed by atoms with E-state index in [1.165, 1.54) is 12.1 Å². The molecule has 2 aromatic rings. The predicted octanol–water partition coefficient (Wildman–Crippen LogP) is 4.88. The monoisotopic (exact) mass is 314 g/mol. The van der Waals surface area contributed by atoms with E-state index in [2.05, 4.69) is 10.3 Å². The van der Waals surface area contributed by atoms with Gasteiger partial charge in [0.25, 0.3) is 0 Å². The summed E-state index contributed by atoms with van der Waals surface area (Å²) in [4.78, 5) is 5.35. The van der Waals surface area contributed by atoms with Gasteiger partial charge in [0.1, 0.15) is 5.01 Å². The minimum Gasteiger partial charge on any atom is -0.302 e. The van der Waals surface area contributed by atoms with E-state index in [4.69, 9.17) is 0 Å². The highest BCUT2D eigenvalue weighted by molar-refractivity contribution is 7.11. The first-order chi connectivity index (χ1) is 9.79. The van der Waals surface area contributed by atoms with Crippen LogP contribution in [0.5, 0.6) is 0 Å². The number of hydrogen-bond donors (Lipinski definition) is 1. The molecule has 2 rings (SSSR count). The topological polar surface area (TPSA) is 24.9 Å². The van der Waals surface area contributed by atoms with Crippen LogP contribution in [0.1, 0.15) is 46.9 Å². The number of thiazole rings is 1. The molecule has 114 valence electrons. The number of halogens is 3. The highest BCUT2D eigenvalue weighted by Crippen LogP contribution is 2.35. The van der Waals surface area contributed by atoms with Crippen molar-refractivity contribution in [3.8, 4) is 0 Å². The summed E-state index contributed by atoms with van der Waals surface area (Å²) in [6.07, 6.45) is -2.57. The van der Waals surface area contributed by atoms with Gasteiger partial charge in [-0.15, -0.1) is 11.3 Å². The van der Waals surface area contributed by atoms with E-state index in [1.807, 2.05) is 13.8 Å². The maximum atomic E-state index is 13.0. The van der Waals surface area contributed by atoms with Crippen molar-refractivity contribution in [2.24, 2.45) is 0 Å². The Hall–Kier alpha value is -1.40. The molecule has 1 N–H and O–H groups in total. The molecular formula is C15H17F3N2S. The summed E-state index contributed by atoms with van der Waals surface area (Å²) in [5.41, 5.74) is -0.336. The molecule has 0 radical (unpaired) electrons. The number of aryl methyl sites for hydroxylation is 1. The molecular weight excluding hydrogens is 297 g/mol. The third-order valence-corrected chi connectivity index (χ3v) is 4.34. The van der Waals surface area contributed by atoms with E-state index in [-0.39, 0.29) is 11.6 Å². The summed E-state index contributed by atoms with van der Waals surface area (Å²) < 4.78 is 39.1. The summed E-state index contributed by atoms with van der Waals surface area (Å²) in [7, 11) is 0. The fourth-order valence-electron chi connectivity index (χ4n) is 2.24. The number of rotatable bonds is 4. The molecule has 2 atom stereocenters. The summed E-state index contributed by atoms with van der Waals surface area (Å²) in [5, 5.41) is 4.06. The Morgan fingerprint density at radius 2 is 1.81 bits per heavy atom. The molecule has 2 nitrogen and oxygen atoms in total. The lowest BCUT2D eigenvalue weighted by Crippen LogP contribution is -2.24. The molecule has 1 aromatic carbocycles. The molecule has 1 aromatic heterocycles. The van der Waals surface area contributed by atoms with E-state index >= 15 is 0 Å². The molecule has 0 amide bonds. The molecule has 0 fully saturated rings. The van der Waals surface area contributed by atoms with Crippen LogP contribution in [0.3, 0.4) is 0 Å². The second kappa shape index (κ2) is 6.15. The van der Waals surface area contributed by atoms with Gasteiger partial charge in [0, 0.05) is 17.1 Å². The van der Waals surface area contributed by atoms with Crippen LogP contribution in [0.15, 0.2) is 30.5 Å². The Kier molecular flexibility index (Phi) is 4.68. The van der Waals surface area contributed by atoms with Crippen LogP contribution in [0, 0.1) is 6.92 Å². The summed E-state index contributed by atoms with van der Waals surface area (Å²) in [6.45, 7) is 5.60. The quantitative estimate of drug-likeness (QED) is 0.870. The third-order valence-electron chi connectivity index (χ3n) is 3.24. The summed E-state index contributed by atoms with van der Waals surface area (Å²) in [6, 6.07) is 5.15. The zero-order valence-electron chi connectivity index (χ0n) is 12.0. The fraction of sp³-hybridized carbons (Fsp3) is 0.400. The lowest BCUT2D eigenvalue weighted by molar-refractivity contribution is -0.138. The van der Waals surface area contributed by atoms with Crippen molar-refractivity contribution in [1.82, 2.24) is 10.3 Å². The fourth-order valence-corrected chi connectivity index (χ4v) is 3.03. The van der Waals surface area contributed by atoms with E-state index in [0.717, 1.165) is 16.0 Å². The van der Waals surface area contributed by atoms with Crippen LogP contribution < -0.4 is 5.32 Å². The SMILES string of the molecule is Cc1cnc(C(C)NC(C)c2ccccc2C(F)(F)F)s1. The molecule has 0 saturated carbocycles. The van der Waals surface area contributed by atoms with Gasteiger partial charge in [-0.2, -0.15) is 13.2 Å². The number of benzene rings is 1. The third kappa shape index (κ3) is 3.83. The van der Waals surface area contributed by atoms with Crippen molar-refractivity contribution in [2.75, 3.05) is 0 Å². The lowest BCUT2D eigenvalue weighted by atomic mass is 10.0. The first-order valence-electron chi connectivity index (χ1n) is 6.63. The molecule has 0 saturated heterocycles. The van der Waals surface area contributed by atoms with E-state index in [9.17, 15) is 13.2 Å². The lowest BCUT2D eigenvalue weighted by Gasteiger charge is -2.22. The van der Waals surface area contributed by atoms with Gasteiger partial charge in [0.15, 0.2) is 0 Å². The van der Waals surface area contributed by atoms with Crippen LogP contribution in [0.2, 0.25) is 0 Å². The highest BCUT2D eigenvalue weighted by atomic mass is 32.1. The minimum atomic E-state index is -4.34. The van der Waals surface area contributed by atoms with Crippen LogP contribution in [0.4, 0.5) is 13.2 Å². The zero-order valence-corrected chi connectivity index (χ0v) is 12.8. The van der Waals surface area contributed by atoms with Gasteiger partial charge in [-0.3, -0.25) is 0 Å². The van der Waals surface area contributed by atoms with Crippen molar-refractivity contribution in [2.45, 2.75) is 39.0 Å². The molecule has 0 spiro atoms. The van der Waals surface area contributed by atoms with Crippen LogP contribution >= 0.6 is 11.3 Å². The van der Waals surface area contributed by atoms with Gasteiger partial charge < -0.3 is 5.32 Å². The van der Waals surface area contributed by atoms with Crippen molar-refractivity contribution >= 4 is 11.3 Å².